The second-order valence-electron chi connectivity index (χ2n) is 13.1. The second kappa shape index (κ2) is 17.4. The summed E-state index contributed by atoms with van der Waals surface area (Å²) in [5.41, 5.74) is 4.01. The quantitative estimate of drug-likeness (QED) is 0.125. The zero-order valence-electron chi connectivity index (χ0n) is 30.5. The van der Waals surface area contributed by atoms with E-state index in [4.69, 9.17) is 4.42 Å². The number of carbonyl (C=O) groups excluding carboxylic acids is 4. The van der Waals surface area contributed by atoms with Crippen LogP contribution in [0.5, 0.6) is 0 Å². The van der Waals surface area contributed by atoms with E-state index in [0.29, 0.717) is 22.5 Å². The lowest BCUT2D eigenvalue weighted by Gasteiger charge is -2.25. The predicted molar refractivity (Wildman–Crippen MR) is 203 cm³/mol. The van der Waals surface area contributed by atoms with Gasteiger partial charge in [0.25, 0.3) is 0 Å². The lowest BCUT2D eigenvalue weighted by atomic mass is 10.0. The summed E-state index contributed by atoms with van der Waals surface area (Å²) in [5.74, 6) is -0.726. The Kier molecular flexibility index (Phi) is 12.5. The van der Waals surface area contributed by atoms with Crippen molar-refractivity contribution in [3.8, 4) is 22.9 Å². The predicted octanol–water partition coefficient (Wildman–Crippen LogP) is 4.90. The molecule has 0 saturated heterocycles. The Morgan fingerprint density at radius 3 is 1.17 bits per heavy atom. The van der Waals surface area contributed by atoms with Crippen molar-refractivity contribution < 1.29 is 23.6 Å². The van der Waals surface area contributed by atoms with E-state index in [-0.39, 0.29) is 35.4 Å². The van der Waals surface area contributed by atoms with Crippen molar-refractivity contribution >= 4 is 35.0 Å². The van der Waals surface area contributed by atoms with Gasteiger partial charge >= 0.3 is 0 Å². The Labute approximate surface area is 308 Å². The van der Waals surface area contributed by atoms with Gasteiger partial charge in [-0.2, -0.15) is 0 Å². The van der Waals surface area contributed by atoms with Gasteiger partial charge in [0.1, 0.15) is 24.2 Å². The number of hydrogen-bond donors (Lipinski definition) is 4. The third-order valence-corrected chi connectivity index (χ3v) is 8.49. The molecule has 0 radical (unpaired) electrons. The van der Waals surface area contributed by atoms with Gasteiger partial charge in [0, 0.05) is 22.5 Å². The van der Waals surface area contributed by atoms with Crippen LogP contribution in [-0.2, 0) is 19.2 Å². The molecule has 4 amide bonds. The highest BCUT2D eigenvalue weighted by molar-refractivity contribution is 5.98. The van der Waals surface area contributed by atoms with Crippen molar-refractivity contribution in [3.05, 3.63) is 120 Å². The molecule has 0 aliphatic carbocycles. The molecule has 4 aromatic carbocycles. The molecule has 1 unspecified atom stereocenters. The minimum atomic E-state index is -0.781. The highest BCUT2D eigenvalue weighted by atomic mass is 16.4. The highest BCUT2D eigenvalue weighted by Gasteiger charge is 2.27. The Hall–Kier alpha value is -6.18. The van der Waals surface area contributed by atoms with E-state index >= 15 is 0 Å². The molecule has 0 fully saturated rings. The number of carbonyl (C=O) groups is 4. The van der Waals surface area contributed by atoms with Gasteiger partial charge in [0.05, 0.1) is 0 Å². The molecule has 0 aliphatic rings. The Balaban J connectivity index is 1.13. The number of rotatable bonds is 14. The Morgan fingerprint density at radius 1 is 0.509 bits per heavy atom. The van der Waals surface area contributed by atoms with Crippen LogP contribution in [0.1, 0.15) is 37.1 Å². The fourth-order valence-electron chi connectivity index (χ4n) is 5.70. The fraction of sp³-hybridized carbons (Fsp3) is 0.250. The molecule has 274 valence electrons. The summed E-state index contributed by atoms with van der Waals surface area (Å²) in [6.45, 7) is 3.27. The van der Waals surface area contributed by atoms with E-state index in [1.807, 2.05) is 88.9 Å². The van der Waals surface area contributed by atoms with Gasteiger partial charge in [0.2, 0.25) is 35.4 Å². The van der Waals surface area contributed by atoms with Crippen LogP contribution in [0.3, 0.4) is 0 Å². The van der Waals surface area contributed by atoms with Gasteiger partial charge in [-0.1, -0.05) is 60.7 Å². The lowest BCUT2D eigenvalue weighted by Crippen LogP contribution is -2.46. The summed E-state index contributed by atoms with van der Waals surface area (Å²) in [6, 6.07) is 29.9. The number of nitrogens with one attached hydrogen (secondary N) is 4. The third kappa shape index (κ3) is 9.79. The minimum Gasteiger partial charge on any atom is -0.416 e. The molecule has 4 N–H and O–H groups in total. The zero-order valence-corrected chi connectivity index (χ0v) is 30.5. The van der Waals surface area contributed by atoms with Crippen LogP contribution in [-0.4, -0.2) is 83.9 Å². The minimum absolute atomic E-state index is 0.279. The molecule has 1 aromatic heterocycles. The fourth-order valence-corrected chi connectivity index (χ4v) is 5.70. The normalized spacial score (nSPS) is 13.4. The van der Waals surface area contributed by atoms with Crippen molar-refractivity contribution in [2.75, 3.05) is 38.8 Å². The standard InChI is InChI=1S/C40H44N8O5/c1-25(41-37(51)33(47(3)4)27-13-9-7-10-14-27)35(49)43-31-21-17-29(18-22-31)39-45-46-40(53-39)30-19-23-32(24-20-30)44-36(50)26(2)42-38(52)34(48(5)6)28-15-11-8-12-16-28/h7-26,33-34H,1-6H3,(H,41,51)(H,42,52)(H,43,49)(H,44,50)/t25-,26?,33-,34-/m0/s1. The van der Waals surface area contributed by atoms with Gasteiger partial charge in [-0.25, -0.2) is 0 Å². The first-order valence-electron chi connectivity index (χ1n) is 17.1. The van der Waals surface area contributed by atoms with Gasteiger partial charge < -0.3 is 25.7 Å². The topological polar surface area (TPSA) is 162 Å². The van der Waals surface area contributed by atoms with Crippen LogP contribution < -0.4 is 21.3 Å². The van der Waals surface area contributed by atoms with Crippen LogP contribution in [0, 0.1) is 0 Å². The molecular formula is C40H44N8O5. The van der Waals surface area contributed by atoms with Crippen molar-refractivity contribution in [2.45, 2.75) is 38.0 Å². The average molecular weight is 717 g/mol. The summed E-state index contributed by atoms with van der Waals surface area (Å²) < 4.78 is 5.92. The lowest BCUT2D eigenvalue weighted by molar-refractivity contribution is -0.129. The summed E-state index contributed by atoms with van der Waals surface area (Å²) in [4.78, 5) is 55.6. The number of likely N-dealkylation sites (N-methyl/N-ethyl adjacent to an activating group) is 2. The largest absolute Gasteiger partial charge is 0.416 e. The van der Waals surface area contributed by atoms with Crippen LogP contribution in [0.25, 0.3) is 22.9 Å². The van der Waals surface area contributed by atoms with E-state index < -0.39 is 24.2 Å². The molecule has 13 nitrogen and oxygen atoms in total. The number of hydrogen-bond acceptors (Lipinski definition) is 9. The number of aromatic nitrogens is 2. The van der Waals surface area contributed by atoms with Crippen LogP contribution in [0.15, 0.2) is 114 Å². The van der Waals surface area contributed by atoms with Gasteiger partial charge in [-0.15, -0.1) is 10.2 Å². The summed E-state index contributed by atoms with van der Waals surface area (Å²) in [7, 11) is 7.26. The molecule has 13 heteroatoms. The number of amides is 4. The summed E-state index contributed by atoms with van der Waals surface area (Å²) in [6.07, 6.45) is 0. The summed E-state index contributed by atoms with van der Waals surface area (Å²) in [5, 5.41) is 19.6. The Bertz CT molecular complexity index is 1860. The molecule has 1 heterocycles. The molecule has 4 atom stereocenters. The molecule has 5 aromatic rings. The van der Waals surface area contributed by atoms with Crippen LogP contribution >= 0.6 is 0 Å². The third-order valence-electron chi connectivity index (χ3n) is 8.49. The van der Waals surface area contributed by atoms with Crippen molar-refractivity contribution in [1.29, 1.82) is 0 Å². The smallest absolute Gasteiger partial charge is 0.248 e. The zero-order chi connectivity index (χ0) is 38.1. The van der Waals surface area contributed by atoms with Crippen LogP contribution in [0.4, 0.5) is 11.4 Å². The van der Waals surface area contributed by atoms with E-state index in [1.165, 1.54) is 0 Å². The molecule has 0 aliphatic heterocycles. The maximum atomic E-state index is 13.1. The maximum Gasteiger partial charge on any atom is 0.248 e. The Morgan fingerprint density at radius 2 is 0.849 bits per heavy atom. The summed E-state index contributed by atoms with van der Waals surface area (Å²) >= 11 is 0. The van der Waals surface area contributed by atoms with Crippen molar-refractivity contribution in [3.63, 3.8) is 0 Å². The second-order valence-corrected chi connectivity index (χ2v) is 13.1. The van der Waals surface area contributed by atoms with Gasteiger partial charge in [0.15, 0.2) is 0 Å². The van der Waals surface area contributed by atoms with E-state index in [9.17, 15) is 19.2 Å². The average Bonchev–Trinajstić information content (AvgIpc) is 3.63. The molecule has 0 spiro atoms. The number of anilines is 2. The first kappa shape index (κ1) is 38.1. The molecular weight excluding hydrogens is 672 g/mol. The van der Waals surface area contributed by atoms with Gasteiger partial charge in [-0.05, 0) is 102 Å². The van der Waals surface area contributed by atoms with Crippen LogP contribution in [0.2, 0.25) is 0 Å². The molecule has 0 saturated carbocycles. The maximum absolute atomic E-state index is 13.1. The number of benzene rings is 4. The SMILES string of the molecule is CC(NC(=O)[C@H](c1ccccc1)N(C)C)C(=O)Nc1ccc(-c2nnc(-c3ccc(NC(=O)[C@H](C)NC(=O)[C@H](c4ccccc4)N(C)C)cc3)o2)cc1. The van der Waals surface area contributed by atoms with E-state index in [0.717, 1.165) is 11.1 Å². The monoisotopic (exact) mass is 716 g/mol. The van der Waals surface area contributed by atoms with E-state index in [1.54, 1.807) is 72.2 Å². The van der Waals surface area contributed by atoms with Gasteiger partial charge in [-0.3, -0.25) is 29.0 Å². The van der Waals surface area contributed by atoms with Crippen molar-refractivity contribution in [1.82, 2.24) is 30.6 Å². The molecule has 5 rings (SSSR count). The highest BCUT2D eigenvalue weighted by Crippen LogP contribution is 2.26. The first-order valence-corrected chi connectivity index (χ1v) is 17.1. The molecule has 53 heavy (non-hydrogen) atoms. The van der Waals surface area contributed by atoms with Crippen molar-refractivity contribution in [2.24, 2.45) is 0 Å². The number of nitrogens with zero attached hydrogens (tertiary/aromatic N) is 4. The molecule has 0 bridgehead atoms. The first-order chi connectivity index (χ1) is 25.4. The van der Waals surface area contributed by atoms with E-state index in [2.05, 4.69) is 31.5 Å².